The fraction of sp³-hybridized carbons (Fsp3) is 0.591. The van der Waals surface area contributed by atoms with E-state index in [2.05, 4.69) is 9.97 Å². The van der Waals surface area contributed by atoms with Crippen molar-refractivity contribution in [1.82, 2.24) is 9.97 Å². The summed E-state index contributed by atoms with van der Waals surface area (Å²) in [6.45, 7) is 0. The molecule has 154 valence electrons. The summed E-state index contributed by atoms with van der Waals surface area (Å²) in [5, 5.41) is 0.220. The number of carbonyl (C=O) groups is 1. The van der Waals surface area contributed by atoms with Crippen molar-refractivity contribution in [3.05, 3.63) is 39.9 Å². The summed E-state index contributed by atoms with van der Waals surface area (Å²) in [5.74, 6) is -1.16. The Labute approximate surface area is 167 Å². The smallest absolute Gasteiger partial charge is 0.268 e. The number of hydrogen-bond donors (Lipinski definition) is 2. The molecule has 0 saturated heterocycles. The molecule has 0 bridgehead atoms. The lowest BCUT2D eigenvalue weighted by Gasteiger charge is -2.40. The number of nitrogens with one attached hydrogen (secondary N) is 1. The van der Waals surface area contributed by atoms with Gasteiger partial charge in [-0.1, -0.05) is 0 Å². The third kappa shape index (κ3) is 3.24. The molecule has 5 rings (SSSR count). The SMILES string of the molecule is NC(=O)c1nccc2[nH]c([C@@H]3CCC4CC4[C@H]3C3CCC(F)(F)CC3)cc(=O)c12. The lowest BCUT2D eigenvalue weighted by Crippen LogP contribution is -2.34. The summed E-state index contributed by atoms with van der Waals surface area (Å²) >= 11 is 0. The van der Waals surface area contributed by atoms with Crippen LogP contribution in [0.5, 0.6) is 0 Å². The Hall–Kier alpha value is -2.31. The first-order valence-electron chi connectivity index (χ1n) is 10.5. The van der Waals surface area contributed by atoms with Gasteiger partial charge >= 0.3 is 0 Å². The monoisotopic (exact) mass is 401 g/mol. The average Bonchev–Trinajstić information content (AvgIpc) is 3.46. The van der Waals surface area contributed by atoms with E-state index >= 15 is 0 Å². The first kappa shape index (κ1) is 18.7. The number of carbonyl (C=O) groups excluding carboxylic acids is 1. The van der Waals surface area contributed by atoms with Crippen LogP contribution in [-0.4, -0.2) is 21.8 Å². The number of pyridine rings is 2. The van der Waals surface area contributed by atoms with Gasteiger partial charge < -0.3 is 10.7 Å². The lowest BCUT2D eigenvalue weighted by atomic mass is 9.66. The Morgan fingerprint density at radius 1 is 1.17 bits per heavy atom. The summed E-state index contributed by atoms with van der Waals surface area (Å²) in [6.07, 6.45) is 5.81. The zero-order valence-electron chi connectivity index (χ0n) is 16.2. The van der Waals surface area contributed by atoms with Crippen molar-refractivity contribution < 1.29 is 13.6 Å². The maximum atomic E-state index is 13.7. The summed E-state index contributed by atoms with van der Waals surface area (Å²) in [4.78, 5) is 31.8. The van der Waals surface area contributed by atoms with Crippen LogP contribution < -0.4 is 11.2 Å². The predicted octanol–water partition coefficient (Wildman–Crippen LogP) is 3.98. The van der Waals surface area contributed by atoms with Crippen LogP contribution in [0, 0.1) is 23.7 Å². The Balaban J connectivity index is 1.52. The van der Waals surface area contributed by atoms with Crippen molar-refractivity contribution >= 4 is 16.8 Å². The van der Waals surface area contributed by atoms with E-state index in [4.69, 9.17) is 5.73 Å². The molecule has 2 heterocycles. The minimum atomic E-state index is -2.53. The zero-order chi connectivity index (χ0) is 20.3. The second-order valence-corrected chi connectivity index (χ2v) is 9.15. The molecule has 3 aliphatic carbocycles. The highest BCUT2D eigenvalue weighted by Gasteiger charge is 2.53. The van der Waals surface area contributed by atoms with E-state index in [1.807, 2.05) is 0 Å². The van der Waals surface area contributed by atoms with E-state index in [0.29, 0.717) is 30.2 Å². The van der Waals surface area contributed by atoms with Crippen molar-refractivity contribution in [3.63, 3.8) is 0 Å². The highest BCUT2D eigenvalue weighted by atomic mass is 19.3. The van der Waals surface area contributed by atoms with E-state index < -0.39 is 11.8 Å². The van der Waals surface area contributed by atoms with Gasteiger partial charge in [-0.15, -0.1) is 0 Å². The van der Waals surface area contributed by atoms with E-state index in [-0.39, 0.29) is 41.2 Å². The molecule has 0 aliphatic heterocycles. The van der Waals surface area contributed by atoms with Crippen LogP contribution in [0.15, 0.2) is 23.1 Å². The van der Waals surface area contributed by atoms with Gasteiger partial charge in [0.05, 0.1) is 10.9 Å². The Morgan fingerprint density at radius 2 is 1.93 bits per heavy atom. The number of amides is 1. The maximum Gasteiger partial charge on any atom is 0.268 e. The minimum Gasteiger partial charge on any atom is -0.364 e. The van der Waals surface area contributed by atoms with Crippen LogP contribution >= 0.6 is 0 Å². The number of nitrogens with two attached hydrogens (primary N) is 1. The lowest BCUT2D eigenvalue weighted by molar-refractivity contribution is -0.0570. The number of aromatic nitrogens is 2. The van der Waals surface area contributed by atoms with Gasteiger partial charge in [-0.25, -0.2) is 8.78 Å². The van der Waals surface area contributed by atoms with Gasteiger partial charge in [0.15, 0.2) is 5.43 Å². The number of nitrogens with zero attached hydrogens (tertiary/aromatic N) is 1. The number of H-pyrrole nitrogens is 1. The van der Waals surface area contributed by atoms with E-state index in [9.17, 15) is 18.4 Å². The number of primary amides is 1. The van der Waals surface area contributed by atoms with Crippen molar-refractivity contribution in [3.8, 4) is 0 Å². The van der Waals surface area contributed by atoms with Gasteiger partial charge in [0, 0.05) is 36.7 Å². The van der Waals surface area contributed by atoms with Crippen LogP contribution in [0.3, 0.4) is 0 Å². The summed E-state index contributed by atoms with van der Waals surface area (Å²) < 4.78 is 27.4. The maximum absolute atomic E-state index is 13.7. The Bertz CT molecular complexity index is 1020. The summed E-state index contributed by atoms with van der Waals surface area (Å²) in [5.41, 5.74) is 6.51. The van der Waals surface area contributed by atoms with Gasteiger partial charge in [0.1, 0.15) is 5.69 Å². The zero-order valence-corrected chi connectivity index (χ0v) is 16.2. The third-order valence-electron chi connectivity index (χ3n) is 7.49. The highest BCUT2D eigenvalue weighted by molar-refractivity contribution is 6.03. The molecule has 3 aliphatic rings. The summed E-state index contributed by atoms with van der Waals surface area (Å²) in [6, 6.07) is 3.26. The van der Waals surface area contributed by atoms with Crippen molar-refractivity contribution in [2.75, 3.05) is 0 Å². The molecule has 2 unspecified atom stereocenters. The van der Waals surface area contributed by atoms with Crippen LogP contribution in [0.25, 0.3) is 10.9 Å². The first-order valence-corrected chi connectivity index (χ1v) is 10.5. The molecule has 2 aromatic heterocycles. The van der Waals surface area contributed by atoms with Crippen molar-refractivity contribution in [2.45, 2.75) is 56.8 Å². The normalized spacial score (nSPS) is 31.4. The van der Waals surface area contributed by atoms with Crippen LogP contribution in [0.4, 0.5) is 8.78 Å². The molecule has 2 aromatic rings. The first-order chi connectivity index (χ1) is 13.8. The predicted molar refractivity (Wildman–Crippen MR) is 105 cm³/mol. The molecular formula is C22H25F2N3O2. The van der Waals surface area contributed by atoms with Crippen LogP contribution in [0.2, 0.25) is 0 Å². The Kier molecular flexibility index (Phi) is 4.26. The molecule has 7 heteroatoms. The molecule has 1 amide bonds. The number of halogens is 2. The van der Waals surface area contributed by atoms with E-state index in [1.165, 1.54) is 12.6 Å². The fourth-order valence-corrected chi connectivity index (χ4v) is 6.05. The fourth-order valence-electron chi connectivity index (χ4n) is 6.05. The summed E-state index contributed by atoms with van der Waals surface area (Å²) in [7, 11) is 0. The van der Waals surface area contributed by atoms with Crippen molar-refractivity contribution in [2.24, 2.45) is 29.4 Å². The van der Waals surface area contributed by atoms with E-state index in [0.717, 1.165) is 24.5 Å². The van der Waals surface area contributed by atoms with Gasteiger partial charge in [0.2, 0.25) is 5.92 Å². The molecule has 0 radical (unpaired) electrons. The Morgan fingerprint density at radius 3 is 2.66 bits per heavy atom. The number of rotatable bonds is 3. The molecule has 29 heavy (non-hydrogen) atoms. The van der Waals surface area contributed by atoms with Gasteiger partial charge in [-0.2, -0.15) is 0 Å². The van der Waals surface area contributed by atoms with Gasteiger partial charge in [-0.3, -0.25) is 14.6 Å². The number of hydrogen-bond acceptors (Lipinski definition) is 3. The quantitative estimate of drug-likeness (QED) is 0.815. The largest absolute Gasteiger partial charge is 0.364 e. The van der Waals surface area contributed by atoms with Gasteiger partial charge in [-0.05, 0) is 61.8 Å². The van der Waals surface area contributed by atoms with Crippen LogP contribution in [0.1, 0.15) is 67.0 Å². The molecular weight excluding hydrogens is 376 g/mol. The number of alkyl halides is 2. The molecule has 3 N–H and O–H groups in total. The second kappa shape index (κ2) is 6.61. The van der Waals surface area contributed by atoms with E-state index in [1.54, 1.807) is 12.1 Å². The molecule has 3 saturated carbocycles. The highest BCUT2D eigenvalue weighted by Crippen LogP contribution is 2.61. The average molecular weight is 401 g/mol. The second-order valence-electron chi connectivity index (χ2n) is 9.15. The number of aromatic amines is 1. The van der Waals surface area contributed by atoms with Crippen LogP contribution in [-0.2, 0) is 0 Å². The minimum absolute atomic E-state index is 0.0211. The molecule has 3 fully saturated rings. The van der Waals surface area contributed by atoms with Crippen molar-refractivity contribution in [1.29, 1.82) is 0 Å². The topological polar surface area (TPSA) is 88.8 Å². The molecule has 5 nitrogen and oxygen atoms in total. The molecule has 0 spiro atoms. The number of fused-ring (bicyclic) bond motifs is 2. The third-order valence-corrected chi connectivity index (χ3v) is 7.49. The molecule has 4 atom stereocenters. The standard InChI is InChI=1S/C22H25F2N3O2/c23-22(24)6-3-11(4-7-22)18-13(2-1-12-9-14(12)18)16-10-17(28)19-15(27-16)5-8-26-20(19)21(25)29/h5,8,10-14,18H,1-4,6-7,9H2,(H2,25,29)(H,27,28)/t12?,13-,14?,18-/m0/s1. The molecule has 0 aromatic carbocycles. The van der Waals surface area contributed by atoms with Gasteiger partial charge in [0.25, 0.3) is 5.91 Å².